The van der Waals surface area contributed by atoms with Crippen LogP contribution < -0.4 is 16.0 Å². The van der Waals surface area contributed by atoms with Crippen LogP contribution in [0.3, 0.4) is 0 Å². The Balaban J connectivity index is 1.45. The Bertz CT molecular complexity index is 1210. The fraction of sp³-hybridized carbons (Fsp3) is 0.333. The molecule has 2 aliphatic rings. The first-order valence-corrected chi connectivity index (χ1v) is 10.1. The van der Waals surface area contributed by atoms with Crippen molar-refractivity contribution in [3.8, 4) is 0 Å². The Morgan fingerprint density at radius 3 is 2.81 bits per heavy atom. The van der Waals surface area contributed by atoms with Crippen LogP contribution >= 0.6 is 0 Å². The van der Waals surface area contributed by atoms with Crippen LogP contribution in [0.4, 0.5) is 27.8 Å². The highest BCUT2D eigenvalue weighted by Gasteiger charge is 2.31. The highest BCUT2D eigenvalue weighted by atomic mass is 16.6. The van der Waals surface area contributed by atoms with Gasteiger partial charge in [0.15, 0.2) is 5.82 Å². The summed E-state index contributed by atoms with van der Waals surface area (Å²) in [6.07, 6.45) is 2.06. The van der Waals surface area contributed by atoms with E-state index in [1.807, 2.05) is 25.1 Å². The number of benzene rings is 1. The van der Waals surface area contributed by atoms with Gasteiger partial charge in [0.1, 0.15) is 19.0 Å². The van der Waals surface area contributed by atoms with E-state index in [2.05, 4.69) is 15.4 Å². The number of ether oxygens (including phenoxy) is 1. The summed E-state index contributed by atoms with van der Waals surface area (Å²) in [5, 5.41) is 9.36. The van der Waals surface area contributed by atoms with Gasteiger partial charge in [0, 0.05) is 49.0 Å². The molecule has 0 saturated carbocycles. The highest BCUT2D eigenvalue weighted by Crippen LogP contribution is 2.32. The lowest BCUT2D eigenvalue weighted by molar-refractivity contribution is -0.130. The van der Waals surface area contributed by atoms with Crippen molar-refractivity contribution in [1.29, 1.82) is 0 Å². The van der Waals surface area contributed by atoms with Gasteiger partial charge in [-0.3, -0.25) is 14.4 Å². The van der Waals surface area contributed by atoms with E-state index < -0.39 is 0 Å². The van der Waals surface area contributed by atoms with Crippen LogP contribution in [0.5, 0.6) is 0 Å². The molecule has 1 unspecified atom stereocenters. The molecule has 4 heterocycles. The van der Waals surface area contributed by atoms with Crippen LogP contribution in [0, 0.1) is 0 Å². The molecule has 0 aliphatic carbocycles. The van der Waals surface area contributed by atoms with Crippen LogP contribution in [0.15, 0.2) is 30.5 Å². The van der Waals surface area contributed by atoms with Gasteiger partial charge in [-0.2, -0.15) is 5.10 Å². The molecule has 3 N–H and O–H groups in total. The molecular weight excluding hydrogens is 398 g/mol. The molecule has 0 radical (unpaired) electrons. The number of amides is 2. The minimum absolute atomic E-state index is 0.0369. The quantitative estimate of drug-likeness (QED) is 0.622. The second-order valence-electron chi connectivity index (χ2n) is 7.99. The Labute approximate surface area is 178 Å². The van der Waals surface area contributed by atoms with E-state index in [1.165, 1.54) is 0 Å². The average Bonchev–Trinajstić information content (AvgIpc) is 3.23. The Morgan fingerprint density at radius 2 is 2.03 bits per heavy atom. The summed E-state index contributed by atoms with van der Waals surface area (Å²) >= 11 is 0. The van der Waals surface area contributed by atoms with Crippen molar-refractivity contribution >= 4 is 45.8 Å². The number of cyclic esters (lactones) is 1. The number of likely N-dealkylation sites (N-methyl/N-ethyl adjacent to an activating group) is 1. The first-order chi connectivity index (χ1) is 14.9. The van der Waals surface area contributed by atoms with E-state index in [1.54, 1.807) is 33.8 Å². The SMILES string of the molecule is CC1COC(=O)N1c1cc(N)c2cnc(Nc3cc4n(n3)CC(=O)N(C)CC4)cc2c1. The summed E-state index contributed by atoms with van der Waals surface area (Å²) in [5.41, 5.74) is 8.45. The Kier molecular flexibility index (Phi) is 4.42. The molecule has 31 heavy (non-hydrogen) atoms. The van der Waals surface area contributed by atoms with E-state index in [0.29, 0.717) is 36.2 Å². The molecule has 10 nitrogen and oxygen atoms in total. The second-order valence-corrected chi connectivity index (χ2v) is 7.99. The predicted octanol–water partition coefficient (Wildman–Crippen LogP) is 2.12. The van der Waals surface area contributed by atoms with Crippen molar-refractivity contribution in [1.82, 2.24) is 19.7 Å². The van der Waals surface area contributed by atoms with Gasteiger partial charge in [0.05, 0.1) is 11.7 Å². The molecule has 1 atom stereocenters. The Morgan fingerprint density at radius 1 is 1.19 bits per heavy atom. The standard InChI is InChI=1S/C21H23N7O3/c1-12-11-31-21(30)28(12)15-5-13-6-18(23-9-16(13)17(22)7-15)24-19-8-14-3-4-26(2)20(29)10-27(14)25-19/h5-9,12H,3-4,10-11,22H2,1-2H3,(H,23,24,25). The molecule has 0 bridgehead atoms. The van der Waals surface area contributed by atoms with Crippen molar-refractivity contribution in [2.24, 2.45) is 0 Å². The van der Waals surface area contributed by atoms with Crippen LogP contribution in [0.2, 0.25) is 0 Å². The number of nitrogens with two attached hydrogens (primary N) is 1. The molecule has 1 fully saturated rings. The van der Waals surface area contributed by atoms with Gasteiger partial charge in [-0.1, -0.05) is 0 Å². The minimum Gasteiger partial charge on any atom is -0.447 e. The fourth-order valence-corrected chi connectivity index (χ4v) is 3.99. The smallest absolute Gasteiger partial charge is 0.414 e. The number of nitrogens with zero attached hydrogens (tertiary/aromatic N) is 5. The number of nitrogens with one attached hydrogen (secondary N) is 1. The number of hydrogen-bond donors (Lipinski definition) is 2. The van der Waals surface area contributed by atoms with Crippen molar-refractivity contribution in [3.63, 3.8) is 0 Å². The van der Waals surface area contributed by atoms with E-state index in [9.17, 15) is 9.59 Å². The number of pyridine rings is 1. The van der Waals surface area contributed by atoms with Gasteiger partial charge >= 0.3 is 6.09 Å². The lowest BCUT2D eigenvalue weighted by Crippen LogP contribution is -2.30. The summed E-state index contributed by atoms with van der Waals surface area (Å²) in [6.45, 7) is 3.17. The molecule has 10 heteroatoms. The topological polar surface area (TPSA) is 119 Å². The molecule has 160 valence electrons. The van der Waals surface area contributed by atoms with Crippen molar-refractivity contribution < 1.29 is 14.3 Å². The molecule has 5 rings (SSSR count). The van der Waals surface area contributed by atoms with Gasteiger partial charge in [-0.05, 0) is 30.5 Å². The zero-order valence-corrected chi connectivity index (χ0v) is 17.3. The number of fused-ring (bicyclic) bond motifs is 2. The summed E-state index contributed by atoms with van der Waals surface area (Å²) in [4.78, 5) is 32.0. The maximum absolute atomic E-state index is 12.1. The number of carbonyl (C=O) groups excluding carboxylic acids is 2. The van der Waals surface area contributed by atoms with Crippen molar-refractivity contribution in [2.75, 3.05) is 36.1 Å². The molecule has 3 aromatic rings. The molecule has 2 amide bonds. The Hall–Kier alpha value is -3.82. The van der Waals surface area contributed by atoms with Crippen LogP contribution in [-0.2, 0) is 22.5 Å². The summed E-state index contributed by atoms with van der Waals surface area (Å²) in [7, 11) is 1.80. The average molecular weight is 421 g/mol. The summed E-state index contributed by atoms with van der Waals surface area (Å²) < 4.78 is 6.86. The van der Waals surface area contributed by atoms with Crippen LogP contribution in [-0.4, -0.2) is 57.9 Å². The van der Waals surface area contributed by atoms with Crippen LogP contribution in [0.1, 0.15) is 12.6 Å². The monoisotopic (exact) mass is 421 g/mol. The zero-order valence-electron chi connectivity index (χ0n) is 17.3. The van der Waals surface area contributed by atoms with E-state index in [0.717, 1.165) is 22.9 Å². The number of hydrogen-bond acceptors (Lipinski definition) is 7. The van der Waals surface area contributed by atoms with E-state index >= 15 is 0 Å². The number of aromatic nitrogens is 3. The maximum Gasteiger partial charge on any atom is 0.414 e. The van der Waals surface area contributed by atoms with Crippen molar-refractivity contribution in [2.45, 2.75) is 25.9 Å². The number of nitrogen functional groups attached to an aromatic ring is 1. The molecule has 0 spiro atoms. The van der Waals surface area contributed by atoms with Gasteiger partial charge in [0.25, 0.3) is 0 Å². The van der Waals surface area contributed by atoms with E-state index in [-0.39, 0.29) is 24.6 Å². The lowest BCUT2D eigenvalue weighted by atomic mass is 10.1. The van der Waals surface area contributed by atoms with Gasteiger partial charge < -0.3 is 20.7 Å². The molecular formula is C21H23N7O3. The number of rotatable bonds is 3. The number of carbonyl (C=O) groups is 2. The lowest BCUT2D eigenvalue weighted by Gasteiger charge is -2.19. The molecule has 1 saturated heterocycles. The highest BCUT2D eigenvalue weighted by molar-refractivity contribution is 6.00. The normalized spacial score (nSPS) is 18.8. The summed E-state index contributed by atoms with van der Waals surface area (Å²) in [6, 6.07) is 7.40. The third-order valence-electron chi connectivity index (χ3n) is 5.75. The van der Waals surface area contributed by atoms with Gasteiger partial charge in [0.2, 0.25) is 5.91 Å². The second kappa shape index (κ2) is 7.15. The van der Waals surface area contributed by atoms with Crippen LogP contribution in [0.25, 0.3) is 10.8 Å². The summed E-state index contributed by atoms with van der Waals surface area (Å²) in [5.74, 6) is 1.26. The molecule has 1 aromatic carbocycles. The van der Waals surface area contributed by atoms with Gasteiger partial charge in [-0.25, -0.2) is 9.78 Å². The molecule has 2 aliphatic heterocycles. The predicted molar refractivity (Wildman–Crippen MR) is 116 cm³/mol. The van der Waals surface area contributed by atoms with E-state index in [4.69, 9.17) is 10.5 Å². The van der Waals surface area contributed by atoms with Crippen molar-refractivity contribution in [3.05, 3.63) is 36.2 Å². The largest absolute Gasteiger partial charge is 0.447 e. The third-order valence-corrected chi connectivity index (χ3v) is 5.75. The number of anilines is 4. The first kappa shape index (κ1) is 19.2. The first-order valence-electron chi connectivity index (χ1n) is 10.1. The molecule has 2 aromatic heterocycles. The maximum atomic E-state index is 12.1. The minimum atomic E-state index is -0.377. The fourth-order valence-electron chi connectivity index (χ4n) is 3.99. The zero-order chi connectivity index (χ0) is 21.7. The van der Waals surface area contributed by atoms with Gasteiger partial charge in [-0.15, -0.1) is 0 Å². The third kappa shape index (κ3) is 3.39.